The number of nitrogens with zero attached hydrogens (tertiary/aromatic N) is 3. The molecule has 1 amide bonds. The minimum Gasteiger partial charge on any atom is -0.339 e. The van der Waals surface area contributed by atoms with Gasteiger partial charge in [-0.05, 0) is 12.8 Å². The Bertz CT molecular complexity index is 378. The lowest BCUT2D eigenvalue weighted by Crippen LogP contribution is -2.36. The molecular weight excluding hydrogens is 214 g/mol. The molecule has 2 rings (SSSR count). The predicted octanol–water partition coefficient (Wildman–Crippen LogP) is 2.21. The lowest BCUT2D eigenvalue weighted by Gasteiger charge is -2.26. The zero-order valence-corrected chi connectivity index (χ0v) is 10.7. The number of carbonyl (C=O) groups excluding carboxylic acids is 1. The lowest BCUT2D eigenvalue weighted by atomic mass is 10.1. The summed E-state index contributed by atoms with van der Waals surface area (Å²) in [6, 6.07) is 0.408. The zero-order valence-electron chi connectivity index (χ0n) is 10.7. The average molecular weight is 235 g/mol. The maximum atomic E-state index is 12.2. The summed E-state index contributed by atoms with van der Waals surface area (Å²) in [6.07, 6.45) is 10.8. The normalized spacial score (nSPS) is 17.8. The summed E-state index contributed by atoms with van der Waals surface area (Å²) in [5.41, 5.74) is 0.694. The molecule has 0 atom stereocenters. The molecule has 0 aliphatic heterocycles. The van der Waals surface area contributed by atoms with Crippen LogP contribution in [0.2, 0.25) is 0 Å². The van der Waals surface area contributed by atoms with Gasteiger partial charge in [-0.1, -0.05) is 25.7 Å². The first-order valence-corrected chi connectivity index (χ1v) is 6.44. The average Bonchev–Trinajstić information content (AvgIpc) is 2.60. The van der Waals surface area contributed by atoms with Gasteiger partial charge in [0.25, 0.3) is 5.91 Å². The molecule has 0 saturated heterocycles. The van der Waals surface area contributed by atoms with Crippen LogP contribution >= 0.6 is 0 Å². The molecule has 1 aliphatic carbocycles. The second-order valence-electron chi connectivity index (χ2n) is 4.96. The quantitative estimate of drug-likeness (QED) is 0.737. The monoisotopic (exact) mass is 235 g/mol. The number of amides is 1. The third-order valence-corrected chi connectivity index (χ3v) is 3.64. The van der Waals surface area contributed by atoms with Crippen molar-refractivity contribution in [2.45, 2.75) is 44.6 Å². The van der Waals surface area contributed by atoms with Crippen LogP contribution in [0.4, 0.5) is 0 Å². The van der Waals surface area contributed by atoms with E-state index in [0.717, 1.165) is 12.8 Å². The van der Waals surface area contributed by atoms with Gasteiger partial charge in [0.2, 0.25) is 0 Å². The molecule has 1 saturated carbocycles. The van der Waals surface area contributed by atoms with E-state index in [1.54, 1.807) is 17.1 Å². The van der Waals surface area contributed by atoms with E-state index in [1.165, 1.54) is 25.7 Å². The number of rotatable bonds is 2. The van der Waals surface area contributed by atoms with Gasteiger partial charge in [-0.15, -0.1) is 0 Å². The van der Waals surface area contributed by atoms with Crippen molar-refractivity contribution in [1.82, 2.24) is 14.7 Å². The molecule has 4 heteroatoms. The highest BCUT2D eigenvalue weighted by molar-refractivity contribution is 5.93. The Morgan fingerprint density at radius 1 is 1.35 bits per heavy atom. The molecule has 1 aromatic rings. The molecule has 0 radical (unpaired) electrons. The van der Waals surface area contributed by atoms with Crippen molar-refractivity contribution >= 4 is 5.91 Å². The Balaban J connectivity index is 2.03. The topological polar surface area (TPSA) is 38.1 Å². The van der Waals surface area contributed by atoms with Crippen LogP contribution in [0.15, 0.2) is 12.4 Å². The summed E-state index contributed by atoms with van der Waals surface area (Å²) in [7, 11) is 3.76. The number of aromatic nitrogens is 2. The van der Waals surface area contributed by atoms with Crippen molar-refractivity contribution in [3.05, 3.63) is 18.0 Å². The van der Waals surface area contributed by atoms with Crippen LogP contribution in [0, 0.1) is 0 Å². The first kappa shape index (κ1) is 12.1. The van der Waals surface area contributed by atoms with Crippen LogP contribution in [-0.4, -0.2) is 33.7 Å². The molecule has 0 unspecified atom stereocenters. The van der Waals surface area contributed by atoms with E-state index < -0.39 is 0 Å². The van der Waals surface area contributed by atoms with Gasteiger partial charge in [0.05, 0.1) is 11.8 Å². The Hall–Kier alpha value is -1.32. The van der Waals surface area contributed by atoms with Crippen molar-refractivity contribution in [2.75, 3.05) is 7.05 Å². The highest BCUT2D eigenvalue weighted by atomic mass is 16.2. The number of hydrogen-bond acceptors (Lipinski definition) is 2. The Morgan fingerprint density at radius 3 is 2.53 bits per heavy atom. The highest BCUT2D eigenvalue weighted by Crippen LogP contribution is 2.22. The van der Waals surface area contributed by atoms with Crippen LogP contribution in [0.3, 0.4) is 0 Å². The Kier molecular flexibility index (Phi) is 3.82. The molecule has 0 spiro atoms. The van der Waals surface area contributed by atoms with E-state index in [4.69, 9.17) is 0 Å². The minimum atomic E-state index is 0.102. The van der Waals surface area contributed by atoms with Crippen molar-refractivity contribution in [3.8, 4) is 0 Å². The summed E-state index contributed by atoms with van der Waals surface area (Å²) in [5.74, 6) is 0.102. The van der Waals surface area contributed by atoms with Crippen LogP contribution < -0.4 is 0 Å². The second-order valence-corrected chi connectivity index (χ2v) is 4.96. The van der Waals surface area contributed by atoms with E-state index in [-0.39, 0.29) is 5.91 Å². The van der Waals surface area contributed by atoms with Gasteiger partial charge in [0.15, 0.2) is 0 Å². The summed E-state index contributed by atoms with van der Waals surface area (Å²) >= 11 is 0. The molecule has 1 fully saturated rings. The van der Waals surface area contributed by atoms with Crippen LogP contribution in [0.5, 0.6) is 0 Å². The fourth-order valence-corrected chi connectivity index (χ4v) is 2.55. The van der Waals surface area contributed by atoms with Crippen LogP contribution in [-0.2, 0) is 7.05 Å². The van der Waals surface area contributed by atoms with E-state index >= 15 is 0 Å². The lowest BCUT2D eigenvalue weighted by molar-refractivity contribution is 0.0717. The minimum absolute atomic E-state index is 0.102. The molecule has 1 aromatic heterocycles. The second kappa shape index (κ2) is 5.34. The summed E-state index contributed by atoms with van der Waals surface area (Å²) in [4.78, 5) is 14.1. The number of carbonyl (C=O) groups is 1. The van der Waals surface area contributed by atoms with Crippen molar-refractivity contribution < 1.29 is 4.79 Å². The van der Waals surface area contributed by atoms with E-state index in [2.05, 4.69) is 5.10 Å². The third kappa shape index (κ3) is 2.87. The van der Waals surface area contributed by atoms with Gasteiger partial charge in [0.1, 0.15) is 0 Å². The molecule has 4 nitrogen and oxygen atoms in total. The summed E-state index contributed by atoms with van der Waals surface area (Å²) in [5, 5.41) is 4.05. The van der Waals surface area contributed by atoms with Crippen molar-refractivity contribution in [2.24, 2.45) is 7.05 Å². The van der Waals surface area contributed by atoms with E-state index in [0.29, 0.717) is 11.6 Å². The molecule has 0 bridgehead atoms. The fourth-order valence-electron chi connectivity index (χ4n) is 2.55. The largest absolute Gasteiger partial charge is 0.339 e. The number of hydrogen-bond donors (Lipinski definition) is 0. The highest BCUT2D eigenvalue weighted by Gasteiger charge is 2.22. The molecule has 0 N–H and O–H groups in total. The number of aryl methyl sites for hydroxylation is 1. The van der Waals surface area contributed by atoms with E-state index in [1.807, 2.05) is 19.0 Å². The van der Waals surface area contributed by atoms with E-state index in [9.17, 15) is 4.79 Å². The standard InChI is InChI=1S/C13H21N3O/c1-15-10-11(9-14-15)13(17)16(2)12-7-5-3-4-6-8-12/h9-10,12H,3-8H2,1-2H3. The van der Waals surface area contributed by atoms with Crippen molar-refractivity contribution in [3.63, 3.8) is 0 Å². The molecule has 94 valence electrons. The van der Waals surface area contributed by atoms with Gasteiger partial charge >= 0.3 is 0 Å². The van der Waals surface area contributed by atoms with Crippen molar-refractivity contribution in [1.29, 1.82) is 0 Å². The Labute approximate surface area is 103 Å². The summed E-state index contributed by atoms with van der Waals surface area (Å²) < 4.78 is 1.67. The molecule has 1 aliphatic rings. The van der Waals surface area contributed by atoms with Gasteiger partial charge < -0.3 is 4.90 Å². The molecule has 1 heterocycles. The maximum Gasteiger partial charge on any atom is 0.257 e. The maximum absolute atomic E-state index is 12.2. The molecular formula is C13H21N3O. The van der Waals surface area contributed by atoms with Crippen LogP contribution in [0.25, 0.3) is 0 Å². The summed E-state index contributed by atoms with van der Waals surface area (Å²) in [6.45, 7) is 0. The Morgan fingerprint density at radius 2 is 2.00 bits per heavy atom. The smallest absolute Gasteiger partial charge is 0.257 e. The van der Waals surface area contributed by atoms with Gasteiger partial charge in [-0.3, -0.25) is 9.48 Å². The first-order chi connectivity index (χ1) is 8.18. The van der Waals surface area contributed by atoms with Gasteiger partial charge in [-0.25, -0.2) is 0 Å². The third-order valence-electron chi connectivity index (χ3n) is 3.64. The predicted molar refractivity (Wildman–Crippen MR) is 66.8 cm³/mol. The van der Waals surface area contributed by atoms with Crippen LogP contribution in [0.1, 0.15) is 48.9 Å². The SMILES string of the molecule is CN(C(=O)c1cnn(C)c1)C1CCCCCC1. The zero-order chi connectivity index (χ0) is 12.3. The fraction of sp³-hybridized carbons (Fsp3) is 0.692. The molecule has 0 aromatic carbocycles. The first-order valence-electron chi connectivity index (χ1n) is 6.44. The van der Waals surface area contributed by atoms with Gasteiger partial charge in [0, 0.05) is 26.3 Å². The van der Waals surface area contributed by atoms with Gasteiger partial charge in [-0.2, -0.15) is 5.10 Å². The molecule has 17 heavy (non-hydrogen) atoms.